The minimum absolute atomic E-state index is 0.0764. The lowest BCUT2D eigenvalue weighted by Gasteiger charge is -2.19. The Balaban J connectivity index is 0.000000367. The number of ether oxygens (including phenoxy) is 1. The fraction of sp³-hybridized carbons (Fsp3) is 0.333. The Labute approximate surface area is 184 Å². The van der Waals surface area contributed by atoms with E-state index in [0.717, 1.165) is 11.1 Å². The minimum atomic E-state index is -0.621. The molecule has 0 radical (unpaired) electrons. The molecule has 0 amide bonds. The number of benzene rings is 1. The topological polar surface area (TPSA) is 88.8 Å². The van der Waals surface area contributed by atoms with Crippen molar-refractivity contribution < 1.29 is 9.13 Å². The summed E-state index contributed by atoms with van der Waals surface area (Å²) in [6.07, 6.45) is 8.58. The van der Waals surface area contributed by atoms with Gasteiger partial charge in [0.25, 0.3) is 0 Å². The van der Waals surface area contributed by atoms with Crippen LogP contribution < -0.4 is 15.8 Å². The Morgan fingerprint density at radius 2 is 1.90 bits per heavy atom. The van der Waals surface area contributed by atoms with Gasteiger partial charge in [0, 0.05) is 34.1 Å². The molecule has 3 heterocycles. The number of pyridine rings is 1. The number of hydrogen-bond donors (Lipinski definition) is 3. The summed E-state index contributed by atoms with van der Waals surface area (Å²) in [5.74, 6) is -0.0138. The molecular weight excluding hydrogens is 428 g/mol. The Morgan fingerprint density at radius 1 is 1.13 bits per heavy atom. The zero-order chi connectivity index (χ0) is 21.5. The van der Waals surface area contributed by atoms with Crippen LogP contribution in [0.25, 0.3) is 11.1 Å². The molecule has 160 valence electrons. The van der Waals surface area contributed by atoms with Crippen LogP contribution in [-0.4, -0.2) is 28.3 Å². The third-order valence-corrected chi connectivity index (χ3v) is 5.42. The second kappa shape index (κ2) is 10.6. The molecule has 3 aromatic rings. The van der Waals surface area contributed by atoms with Gasteiger partial charge in [0.15, 0.2) is 11.6 Å². The predicted molar refractivity (Wildman–Crippen MR) is 118 cm³/mol. The molecule has 1 saturated heterocycles. The van der Waals surface area contributed by atoms with Crippen molar-refractivity contribution in [2.45, 2.75) is 32.3 Å². The molecule has 0 saturated carbocycles. The minimum Gasteiger partial charge on any atom is -0.482 e. The Morgan fingerprint density at radius 3 is 2.50 bits per heavy atom. The first-order valence-electron chi connectivity index (χ1n) is 9.72. The number of H-pyrrole nitrogens is 1. The van der Waals surface area contributed by atoms with Crippen LogP contribution in [-0.2, 0) is 0 Å². The van der Waals surface area contributed by atoms with Gasteiger partial charge in [-0.3, -0.25) is 5.10 Å². The molecule has 1 aliphatic heterocycles. The summed E-state index contributed by atoms with van der Waals surface area (Å²) in [5.41, 5.74) is 7.84. The lowest BCUT2D eigenvalue weighted by atomic mass is 10.1. The fourth-order valence-electron chi connectivity index (χ4n) is 3.08. The predicted octanol–water partition coefficient (Wildman–Crippen LogP) is 5.40. The molecule has 9 heteroatoms. The number of nitrogens with two attached hydrogens (primary N) is 1. The molecule has 1 unspecified atom stereocenters. The van der Waals surface area contributed by atoms with Crippen LogP contribution in [0.1, 0.15) is 37.9 Å². The molecule has 6 nitrogen and oxygen atoms in total. The molecule has 1 atom stereocenters. The summed E-state index contributed by atoms with van der Waals surface area (Å²) in [7, 11) is 0. The Hall–Kier alpha value is -2.35. The number of hydrogen-bond acceptors (Lipinski definition) is 5. The molecular formula is C21H24Cl2FN5O. The van der Waals surface area contributed by atoms with Crippen molar-refractivity contribution in [3.63, 3.8) is 0 Å². The quantitative estimate of drug-likeness (QED) is 0.462. The normalized spacial score (nSPS) is 14.5. The fourth-order valence-corrected chi connectivity index (χ4v) is 3.76. The second-order valence-corrected chi connectivity index (χ2v) is 7.71. The summed E-state index contributed by atoms with van der Waals surface area (Å²) < 4.78 is 19.5. The highest BCUT2D eigenvalue weighted by Gasteiger charge is 2.20. The van der Waals surface area contributed by atoms with Crippen LogP contribution in [0.15, 0.2) is 36.8 Å². The number of aromatic nitrogens is 3. The number of halogens is 3. The third kappa shape index (κ3) is 5.62. The molecule has 2 aromatic heterocycles. The van der Waals surface area contributed by atoms with Gasteiger partial charge in [-0.1, -0.05) is 29.6 Å². The monoisotopic (exact) mass is 451 g/mol. The van der Waals surface area contributed by atoms with Crippen LogP contribution in [0, 0.1) is 5.82 Å². The summed E-state index contributed by atoms with van der Waals surface area (Å²) in [5, 5.41) is 10.1. The SMILES string of the molecule is C1CCNCC1.CC(Oc1cc(-c2cn[nH]c2)cnc1N)c1c(Cl)ccc(F)c1Cl. The summed E-state index contributed by atoms with van der Waals surface area (Å²) in [4.78, 5) is 4.12. The number of nitrogen functional groups attached to an aromatic ring is 1. The molecule has 0 aliphatic carbocycles. The van der Waals surface area contributed by atoms with E-state index in [-0.39, 0.29) is 10.8 Å². The Kier molecular flexibility index (Phi) is 7.90. The molecule has 4 N–H and O–H groups in total. The van der Waals surface area contributed by atoms with E-state index in [9.17, 15) is 4.39 Å². The number of nitrogens with one attached hydrogen (secondary N) is 2. The standard InChI is InChI=1S/C16H13Cl2FN4O.C5H11N/c1-8(14-11(17)2-3-12(19)15(14)18)24-13-4-9(5-21-16(13)20)10-6-22-23-7-10;1-2-4-6-5-3-1/h2-8H,1H3,(H2,20,21)(H,22,23);6H,1-5H2. The van der Waals surface area contributed by atoms with E-state index in [1.807, 2.05) is 0 Å². The summed E-state index contributed by atoms with van der Waals surface area (Å²) in [6, 6.07) is 4.36. The first-order valence-corrected chi connectivity index (χ1v) is 10.5. The number of nitrogens with zero attached hydrogens (tertiary/aromatic N) is 2. The van der Waals surface area contributed by atoms with Crippen molar-refractivity contribution >= 4 is 29.0 Å². The van der Waals surface area contributed by atoms with Crippen LogP contribution in [0.4, 0.5) is 10.2 Å². The van der Waals surface area contributed by atoms with Gasteiger partial charge in [0.2, 0.25) is 0 Å². The molecule has 30 heavy (non-hydrogen) atoms. The highest BCUT2D eigenvalue weighted by Crippen LogP contribution is 2.36. The van der Waals surface area contributed by atoms with Gasteiger partial charge >= 0.3 is 0 Å². The van der Waals surface area contributed by atoms with E-state index in [2.05, 4.69) is 20.5 Å². The first kappa shape index (κ1) is 22.3. The van der Waals surface area contributed by atoms with Crippen molar-refractivity contribution in [1.82, 2.24) is 20.5 Å². The van der Waals surface area contributed by atoms with Crippen molar-refractivity contribution in [2.75, 3.05) is 18.8 Å². The zero-order valence-corrected chi connectivity index (χ0v) is 18.1. The maximum atomic E-state index is 13.7. The third-order valence-electron chi connectivity index (χ3n) is 4.71. The van der Waals surface area contributed by atoms with E-state index < -0.39 is 11.9 Å². The summed E-state index contributed by atoms with van der Waals surface area (Å²) >= 11 is 12.1. The number of rotatable bonds is 4. The van der Waals surface area contributed by atoms with E-state index in [1.165, 1.54) is 44.5 Å². The van der Waals surface area contributed by atoms with Crippen molar-refractivity contribution in [3.8, 4) is 16.9 Å². The zero-order valence-electron chi connectivity index (χ0n) is 16.6. The number of anilines is 1. The van der Waals surface area contributed by atoms with Crippen LogP contribution in [0.5, 0.6) is 5.75 Å². The van der Waals surface area contributed by atoms with E-state index in [4.69, 9.17) is 33.7 Å². The van der Waals surface area contributed by atoms with Gasteiger partial charge in [0.05, 0.1) is 11.2 Å². The van der Waals surface area contributed by atoms with Crippen LogP contribution >= 0.6 is 23.2 Å². The average molecular weight is 452 g/mol. The highest BCUT2D eigenvalue weighted by molar-refractivity contribution is 6.36. The van der Waals surface area contributed by atoms with Crippen LogP contribution in [0.3, 0.4) is 0 Å². The lowest BCUT2D eigenvalue weighted by Crippen LogP contribution is -2.21. The number of aromatic amines is 1. The molecule has 1 aromatic carbocycles. The maximum absolute atomic E-state index is 13.7. The molecule has 1 fully saturated rings. The van der Waals surface area contributed by atoms with Gasteiger partial charge in [-0.05, 0) is 51.1 Å². The number of piperidine rings is 1. The largest absolute Gasteiger partial charge is 0.482 e. The van der Waals surface area contributed by atoms with Gasteiger partial charge in [-0.15, -0.1) is 0 Å². The molecule has 0 spiro atoms. The van der Waals surface area contributed by atoms with Gasteiger partial charge in [-0.25, -0.2) is 9.37 Å². The van der Waals surface area contributed by atoms with Crippen molar-refractivity contribution in [3.05, 3.63) is 58.2 Å². The smallest absolute Gasteiger partial charge is 0.166 e. The second-order valence-electron chi connectivity index (χ2n) is 6.92. The lowest BCUT2D eigenvalue weighted by molar-refractivity contribution is 0.227. The van der Waals surface area contributed by atoms with Gasteiger partial charge in [-0.2, -0.15) is 5.10 Å². The van der Waals surface area contributed by atoms with Gasteiger partial charge in [0.1, 0.15) is 11.9 Å². The molecule has 0 bridgehead atoms. The van der Waals surface area contributed by atoms with Crippen LogP contribution in [0.2, 0.25) is 10.0 Å². The summed E-state index contributed by atoms with van der Waals surface area (Å²) in [6.45, 7) is 4.20. The Bertz CT molecular complexity index is 953. The van der Waals surface area contributed by atoms with E-state index in [1.54, 1.807) is 31.6 Å². The van der Waals surface area contributed by atoms with E-state index >= 15 is 0 Å². The van der Waals surface area contributed by atoms with Crippen molar-refractivity contribution in [1.29, 1.82) is 0 Å². The van der Waals surface area contributed by atoms with Crippen molar-refractivity contribution in [2.24, 2.45) is 0 Å². The molecule has 4 rings (SSSR count). The van der Waals surface area contributed by atoms with E-state index in [0.29, 0.717) is 16.3 Å². The highest BCUT2D eigenvalue weighted by atomic mass is 35.5. The average Bonchev–Trinajstić information content (AvgIpc) is 3.29. The first-order chi connectivity index (χ1) is 14.5. The molecule has 1 aliphatic rings. The maximum Gasteiger partial charge on any atom is 0.166 e. The van der Waals surface area contributed by atoms with Gasteiger partial charge < -0.3 is 15.8 Å².